The number of hydrogen-bond donors (Lipinski definition) is 16. The molecule has 0 aliphatic carbocycles. The van der Waals surface area contributed by atoms with E-state index in [0.29, 0.717) is 16.5 Å². The number of carboxylic acid groups (broad SMARTS) is 2. The molecule has 28 nitrogen and oxygen atoms in total. The molecular weight excluding hydrogens is 973 g/mol. The second-order valence-electron chi connectivity index (χ2n) is 16.9. The van der Waals surface area contributed by atoms with Crippen molar-refractivity contribution in [3.63, 3.8) is 0 Å². The van der Waals surface area contributed by atoms with Crippen LogP contribution in [-0.4, -0.2) is 160 Å². The van der Waals surface area contributed by atoms with Gasteiger partial charge in [0.05, 0.1) is 25.7 Å². The van der Waals surface area contributed by atoms with Gasteiger partial charge in [0, 0.05) is 42.9 Å². The minimum Gasteiger partial charge on any atom is -0.481 e. The van der Waals surface area contributed by atoms with Gasteiger partial charge in [-0.15, -0.1) is 0 Å². The van der Waals surface area contributed by atoms with E-state index in [1.807, 2.05) is 0 Å². The molecule has 9 amide bonds. The average molecular weight is 1040 g/mol. The standard InChI is InChI=1S/C46H64N14O14/c1-24(39(67)57-30(14-16-38(65)66)41(69)53-22-37(64)56-31(13-15-35(48)62)43(71)58-32(45(73)74)12-7-17-51-46(49)50)55-36(63)21-54-42(70)33(19-26-20-52-29-11-6-5-10-27(26)29)59-44(72)34(23-61)60-40(68)28(47)18-25-8-3-2-4-9-25/h2-6,8-11,20,24,28,30-34,52,61H,7,12-19,21-23,47H2,1H3,(H2,48,62)(H,53,69)(H,54,70)(H,55,63)(H,56,64)(H,57,67)(H,58,71)(H,59,72)(H,60,68)(H,65,66)(H,73,74)(H4,49,50,51)/t24-,28-,30-,31-,32-,33-,34-/m0/s1. The minimum atomic E-state index is -1.60. The Hall–Kier alpha value is -8.66. The van der Waals surface area contributed by atoms with Gasteiger partial charge < -0.3 is 85.8 Å². The number of nitrogens with two attached hydrogens (primary N) is 4. The van der Waals surface area contributed by atoms with Crippen molar-refractivity contribution in [2.24, 2.45) is 27.9 Å². The highest BCUT2D eigenvalue weighted by Crippen LogP contribution is 2.19. The summed E-state index contributed by atoms with van der Waals surface area (Å²) in [4.78, 5) is 147. The number of aliphatic carboxylic acids is 2. The number of aliphatic imine (C=N–C) groups is 1. The number of nitrogens with zero attached hydrogens (tertiary/aromatic N) is 1. The van der Waals surface area contributed by atoms with Gasteiger partial charge in [-0.1, -0.05) is 48.5 Å². The van der Waals surface area contributed by atoms with Gasteiger partial charge >= 0.3 is 11.9 Å². The quantitative estimate of drug-likeness (QED) is 0.0158. The lowest BCUT2D eigenvalue weighted by atomic mass is 10.0. The predicted molar refractivity (Wildman–Crippen MR) is 263 cm³/mol. The largest absolute Gasteiger partial charge is 0.481 e. The number of para-hydroxylation sites is 1. The summed E-state index contributed by atoms with van der Waals surface area (Å²) in [7, 11) is 0. The molecule has 0 bridgehead atoms. The smallest absolute Gasteiger partial charge is 0.326 e. The first-order valence-corrected chi connectivity index (χ1v) is 23.2. The maximum absolute atomic E-state index is 13.7. The van der Waals surface area contributed by atoms with Gasteiger partial charge in [0.1, 0.15) is 36.3 Å². The summed E-state index contributed by atoms with van der Waals surface area (Å²) in [5, 5.41) is 48.4. The summed E-state index contributed by atoms with van der Waals surface area (Å²) in [5.41, 5.74) is 23.9. The monoisotopic (exact) mass is 1040 g/mol. The van der Waals surface area contributed by atoms with Crippen LogP contribution in [0.25, 0.3) is 10.9 Å². The van der Waals surface area contributed by atoms with Crippen molar-refractivity contribution in [1.82, 2.24) is 47.5 Å². The molecule has 28 heteroatoms. The third-order valence-corrected chi connectivity index (χ3v) is 11.0. The minimum absolute atomic E-state index is 0.0514. The van der Waals surface area contributed by atoms with Crippen molar-refractivity contribution in [2.45, 2.75) is 101 Å². The number of primary amides is 1. The highest BCUT2D eigenvalue weighted by molar-refractivity contribution is 5.97. The first-order valence-electron chi connectivity index (χ1n) is 23.2. The summed E-state index contributed by atoms with van der Waals surface area (Å²) >= 11 is 0. The van der Waals surface area contributed by atoms with E-state index in [0.717, 1.165) is 5.56 Å². The van der Waals surface area contributed by atoms with Crippen LogP contribution in [0.4, 0.5) is 0 Å². The number of amides is 9. The number of rotatable bonds is 32. The zero-order valence-corrected chi connectivity index (χ0v) is 40.4. The lowest BCUT2D eigenvalue weighted by Crippen LogP contribution is -2.58. The SMILES string of the molecule is C[C@H](NC(=O)CNC(=O)[C@H](Cc1c[nH]c2ccccc12)NC(=O)[C@H](CO)NC(=O)[C@@H](N)Cc1ccccc1)C(=O)N[C@@H](CCC(=O)O)C(=O)NCC(=O)N[C@@H](CCC(N)=O)C(=O)N[C@@H](CCCN=C(N)N)C(=O)O. The zero-order chi connectivity index (χ0) is 54.9. The van der Waals surface area contributed by atoms with Gasteiger partial charge in [-0.25, -0.2) is 4.79 Å². The van der Waals surface area contributed by atoms with Crippen molar-refractivity contribution in [3.8, 4) is 0 Å². The fourth-order valence-corrected chi connectivity index (χ4v) is 7.04. The van der Waals surface area contributed by atoms with Crippen molar-refractivity contribution in [3.05, 3.63) is 71.9 Å². The topological polar surface area (TPSA) is 477 Å². The molecule has 1 heterocycles. The van der Waals surface area contributed by atoms with E-state index in [-0.39, 0.29) is 44.6 Å². The number of guanidine groups is 1. The Labute approximate surface area is 423 Å². The van der Waals surface area contributed by atoms with Gasteiger partial charge in [-0.3, -0.25) is 52.9 Å². The number of aliphatic hydroxyl groups excluding tert-OH is 1. The Kier molecular flexibility index (Phi) is 24.4. The first-order chi connectivity index (χ1) is 35.1. The maximum atomic E-state index is 13.7. The van der Waals surface area contributed by atoms with E-state index < -0.39 is 146 Å². The number of benzene rings is 2. The van der Waals surface area contributed by atoms with E-state index in [1.165, 1.54) is 6.92 Å². The van der Waals surface area contributed by atoms with E-state index >= 15 is 0 Å². The summed E-state index contributed by atoms with van der Waals surface area (Å²) in [6.07, 6.45) is -0.296. The summed E-state index contributed by atoms with van der Waals surface area (Å²) in [5.74, 6) is -11.4. The molecule has 3 rings (SSSR count). The number of nitrogens with one attached hydrogen (secondary N) is 9. The van der Waals surface area contributed by atoms with Gasteiger partial charge in [-0.2, -0.15) is 0 Å². The van der Waals surface area contributed by atoms with Crippen molar-refractivity contribution >= 4 is 82.0 Å². The summed E-state index contributed by atoms with van der Waals surface area (Å²) < 4.78 is 0. The third kappa shape index (κ3) is 21.0. The third-order valence-electron chi connectivity index (χ3n) is 11.0. The summed E-state index contributed by atoms with van der Waals surface area (Å²) in [6.45, 7) is -1.21. The fourth-order valence-electron chi connectivity index (χ4n) is 7.04. The van der Waals surface area contributed by atoms with Gasteiger partial charge in [0.2, 0.25) is 53.2 Å². The van der Waals surface area contributed by atoms with Crippen molar-refractivity contribution < 1.29 is 68.1 Å². The molecular formula is C46H64N14O14. The zero-order valence-electron chi connectivity index (χ0n) is 40.4. The van der Waals surface area contributed by atoms with Gasteiger partial charge in [-0.05, 0) is 56.2 Å². The number of H-pyrrole nitrogens is 1. The van der Waals surface area contributed by atoms with Crippen LogP contribution < -0.4 is 65.5 Å². The lowest BCUT2D eigenvalue weighted by Gasteiger charge is -2.23. The highest BCUT2D eigenvalue weighted by atomic mass is 16.4. The second kappa shape index (κ2) is 30.3. The Bertz CT molecular complexity index is 2500. The van der Waals surface area contributed by atoms with Crippen LogP contribution in [0.1, 0.15) is 56.6 Å². The molecule has 0 aliphatic heterocycles. The van der Waals surface area contributed by atoms with E-state index in [4.69, 9.17) is 22.9 Å². The van der Waals surface area contributed by atoms with E-state index in [9.17, 15) is 68.1 Å². The first kappa shape index (κ1) is 59.6. The number of aliphatic hydroxyl groups is 1. The molecule has 0 aliphatic rings. The molecule has 20 N–H and O–H groups in total. The molecule has 74 heavy (non-hydrogen) atoms. The van der Waals surface area contributed by atoms with Crippen molar-refractivity contribution in [2.75, 3.05) is 26.2 Å². The molecule has 0 saturated carbocycles. The second-order valence-corrected chi connectivity index (χ2v) is 16.9. The molecule has 0 spiro atoms. The molecule has 0 unspecified atom stereocenters. The summed E-state index contributed by atoms with van der Waals surface area (Å²) in [6, 6.07) is 5.93. The average Bonchev–Trinajstić information content (AvgIpc) is 3.76. The van der Waals surface area contributed by atoms with Crippen LogP contribution in [-0.2, 0) is 65.6 Å². The normalized spacial score (nSPS) is 13.7. The number of hydrogen-bond acceptors (Lipinski definition) is 14. The number of carbonyl (C=O) groups excluding carboxylic acids is 9. The lowest BCUT2D eigenvalue weighted by molar-refractivity contribution is -0.142. The fraction of sp³-hybridized carbons (Fsp3) is 0.435. The molecule has 3 aromatic rings. The van der Waals surface area contributed by atoms with Crippen molar-refractivity contribution in [1.29, 1.82) is 0 Å². The Morgan fingerprint density at radius 2 is 1.16 bits per heavy atom. The Balaban J connectivity index is 1.64. The highest BCUT2D eigenvalue weighted by Gasteiger charge is 2.31. The molecule has 0 fully saturated rings. The van der Waals surface area contributed by atoms with Crippen LogP contribution in [0.2, 0.25) is 0 Å². The van der Waals surface area contributed by atoms with E-state index in [2.05, 4.69) is 52.5 Å². The Morgan fingerprint density at radius 3 is 1.78 bits per heavy atom. The molecule has 0 radical (unpaired) electrons. The van der Waals surface area contributed by atoms with Crippen LogP contribution >= 0.6 is 0 Å². The molecule has 7 atom stereocenters. The van der Waals surface area contributed by atoms with Crippen LogP contribution in [0.15, 0.2) is 65.8 Å². The van der Waals surface area contributed by atoms with Gasteiger partial charge in [0.25, 0.3) is 0 Å². The predicted octanol–water partition coefficient (Wildman–Crippen LogP) is -5.30. The van der Waals surface area contributed by atoms with Crippen LogP contribution in [0.5, 0.6) is 0 Å². The van der Waals surface area contributed by atoms with Crippen LogP contribution in [0.3, 0.4) is 0 Å². The molecule has 1 aromatic heterocycles. The van der Waals surface area contributed by atoms with E-state index in [1.54, 1.807) is 60.8 Å². The maximum Gasteiger partial charge on any atom is 0.326 e. The molecule has 2 aromatic carbocycles. The number of aromatic amines is 1. The molecule has 402 valence electrons. The van der Waals surface area contributed by atoms with Crippen LogP contribution in [0, 0.1) is 0 Å². The Morgan fingerprint density at radius 1 is 0.608 bits per heavy atom. The van der Waals surface area contributed by atoms with Gasteiger partial charge in [0.15, 0.2) is 5.96 Å². The number of carbonyl (C=O) groups is 11. The number of carboxylic acids is 2. The number of aromatic nitrogens is 1. The number of fused-ring (bicyclic) bond motifs is 1. The molecule has 0 saturated heterocycles.